The molecule has 17 nitrogen and oxygen atoms in total. The number of aliphatic hydroxyl groups is 1. The number of carbonyl (C=O) groups is 4. The van der Waals surface area contributed by atoms with E-state index in [4.69, 9.17) is 37.0 Å². The van der Waals surface area contributed by atoms with Crippen LogP contribution in [0.15, 0.2) is 0 Å². The van der Waals surface area contributed by atoms with Crippen LogP contribution in [0.1, 0.15) is 497 Å². The number of esters is 4. The molecule has 0 aliphatic carbocycles. The summed E-state index contributed by atoms with van der Waals surface area (Å²) >= 11 is 0. The fourth-order valence-corrected chi connectivity index (χ4v) is 16.0. The van der Waals surface area contributed by atoms with Crippen molar-refractivity contribution in [2.75, 3.05) is 39.6 Å². The number of unbranched alkanes of at least 4 members (excludes halogenated alkanes) is 59. The van der Waals surface area contributed by atoms with Crippen LogP contribution in [0.4, 0.5) is 0 Å². The van der Waals surface area contributed by atoms with Gasteiger partial charge in [0.15, 0.2) is 12.2 Å². The second-order valence-electron chi connectivity index (χ2n) is 33.5. The van der Waals surface area contributed by atoms with Crippen LogP contribution in [0.25, 0.3) is 0 Å². The zero-order chi connectivity index (χ0) is 81.3. The predicted molar refractivity (Wildman–Crippen MR) is 460 cm³/mol. The van der Waals surface area contributed by atoms with Crippen molar-refractivity contribution in [2.24, 2.45) is 11.8 Å². The van der Waals surface area contributed by atoms with Gasteiger partial charge in [-0.3, -0.25) is 37.3 Å². The topological polar surface area (TPSA) is 237 Å². The van der Waals surface area contributed by atoms with E-state index >= 15 is 0 Å². The van der Waals surface area contributed by atoms with E-state index in [1.807, 2.05) is 0 Å². The van der Waals surface area contributed by atoms with E-state index in [-0.39, 0.29) is 25.7 Å². The fourth-order valence-electron chi connectivity index (χ4n) is 14.4. The second-order valence-corrected chi connectivity index (χ2v) is 36.4. The smallest absolute Gasteiger partial charge is 0.462 e. The Hall–Kier alpha value is -1.94. The van der Waals surface area contributed by atoms with E-state index in [9.17, 15) is 43.2 Å². The molecular formula is C92H180O17P2. The number of hydrogen-bond acceptors (Lipinski definition) is 15. The normalized spacial score (nSPS) is 14.2. The van der Waals surface area contributed by atoms with Gasteiger partial charge in [-0.2, -0.15) is 0 Å². The number of phosphoric ester groups is 2. The molecule has 111 heavy (non-hydrogen) atoms. The molecule has 0 saturated heterocycles. The van der Waals surface area contributed by atoms with Gasteiger partial charge in [0.05, 0.1) is 26.4 Å². The minimum atomic E-state index is -4.97. The highest BCUT2D eigenvalue weighted by Gasteiger charge is 2.31. The fraction of sp³-hybridized carbons (Fsp3) is 0.957. The van der Waals surface area contributed by atoms with Crippen molar-refractivity contribution in [3.63, 3.8) is 0 Å². The molecule has 0 fully saturated rings. The summed E-state index contributed by atoms with van der Waals surface area (Å²) in [4.78, 5) is 73.5. The molecule has 0 saturated carbocycles. The van der Waals surface area contributed by atoms with E-state index in [0.717, 1.165) is 102 Å². The third-order valence-electron chi connectivity index (χ3n) is 22.4. The molecule has 0 spiro atoms. The van der Waals surface area contributed by atoms with Gasteiger partial charge in [0, 0.05) is 25.7 Å². The van der Waals surface area contributed by atoms with Crippen molar-refractivity contribution in [3.8, 4) is 0 Å². The third kappa shape index (κ3) is 82.9. The largest absolute Gasteiger partial charge is 0.472 e. The van der Waals surface area contributed by atoms with Gasteiger partial charge in [0.2, 0.25) is 0 Å². The Balaban J connectivity index is 5.26. The van der Waals surface area contributed by atoms with Crippen molar-refractivity contribution < 1.29 is 80.2 Å². The van der Waals surface area contributed by atoms with Crippen LogP contribution in [0.5, 0.6) is 0 Å². The average Bonchev–Trinajstić information content (AvgIpc) is 0.894. The van der Waals surface area contributed by atoms with Gasteiger partial charge in [0.1, 0.15) is 19.3 Å². The van der Waals surface area contributed by atoms with Gasteiger partial charge in [-0.1, -0.05) is 446 Å². The molecule has 0 bridgehead atoms. The number of aliphatic hydroxyl groups excluding tert-OH is 1. The molecule has 7 atom stereocenters. The van der Waals surface area contributed by atoms with Gasteiger partial charge in [-0.05, 0) is 37.5 Å². The molecule has 0 aromatic rings. The van der Waals surface area contributed by atoms with Crippen LogP contribution < -0.4 is 0 Å². The zero-order valence-corrected chi connectivity index (χ0v) is 75.1. The number of phosphoric acid groups is 2. The first-order valence-electron chi connectivity index (χ1n) is 47.6. The Kier molecular flexibility index (Phi) is 81.7. The number of hydrogen-bond donors (Lipinski definition) is 3. The zero-order valence-electron chi connectivity index (χ0n) is 73.3. The Morgan fingerprint density at radius 2 is 0.432 bits per heavy atom. The number of rotatable bonds is 91. The van der Waals surface area contributed by atoms with E-state index in [0.29, 0.717) is 25.7 Å². The van der Waals surface area contributed by atoms with E-state index in [1.54, 1.807) is 0 Å². The molecule has 0 amide bonds. The maximum absolute atomic E-state index is 13.2. The van der Waals surface area contributed by atoms with Crippen LogP contribution in [0.3, 0.4) is 0 Å². The predicted octanol–water partition coefficient (Wildman–Crippen LogP) is 28.6. The molecule has 0 radical (unpaired) electrons. The van der Waals surface area contributed by atoms with Crippen molar-refractivity contribution in [3.05, 3.63) is 0 Å². The van der Waals surface area contributed by atoms with Crippen LogP contribution in [0.2, 0.25) is 0 Å². The average molecular weight is 1620 g/mol. The summed E-state index contributed by atoms with van der Waals surface area (Å²) in [6.07, 6.45) is 77.6. The quantitative estimate of drug-likeness (QED) is 0.0222. The van der Waals surface area contributed by atoms with Crippen molar-refractivity contribution in [1.29, 1.82) is 0 Å². The standard InChI is InChI=1S/C92H180O17P2/c1-7-11-13-15-17-19-21-23-24-25-29-32-40-46-52-58-64-70-76-91(96)108-87(80-102-89(94)74-68-62-56-50-44-36-22-20-18-16-14-12-8-2)82-106-110(98,99)104-78-86(93)79-105-111(100,101)107-83-88(81-103-90(95)75-69-63-57-51-45-39-35-34-38-43-49-55-61-67-73-85(6)10-4)109-92(97)77-71-65-59-53-47-41-33-30-27-26-28-31-37-42-48-54-60-66-72-84(5)9-3/h84-88,93H,7-83H2,1-6H3,(H,98,99)(H,100,101)/t84?,85?,86-,87+,88+/m0/s1. The lowest BCUT2D eigenvalue weighted by Crippen LogP contribution is -2.30. The lowest BCUT2D eigenvalue weighted by molar-refractivity contribution is -0.161. The van der Waals surface area contributed by atoms with E-state index in [1.165, 1.54) is 315 Å². The molecule has 4 unspecified atom stereocenters. The van der Waals surface area contributed by atoms with Gasteiger partial charge in [-0.25, -0.2) is 9.13 Å². The Labute approximate surface area is 683 Å². The van der Waals surface area contributed by atoms with Crippen LogP contribution in [-0.2, 0) is 65.4 Å². The maximum Gasteiger partial charge on any atom is 0.472 e. The summed E-state index contributed by atoms with van der Waals surface area (Å²) < 4.78 is 69.1. The minimum Gasteiger partial charge on any atom is -0.462 e. The molecular weight excluding hydrogens is 1440 g/mol. The summed E-state index contributed by atoms with van der Waals surface area (Å²) in [5.41, 5.74) is 0. The number of ether oxygens (including phenoxy) is 4. The summed E-state index contributed by atoms with van der Waals surface area (Å²) in [5.74, 6) is -0.371. The summed E-state index contributed by atoms with van der Waals surface area (Å²) in [6.45, 7) is 9.84. The highest BCUT2D eigenvalue weighted by atomic mass is 31.2. The van der Waals surface area contributed by atoms with Crippen LogP contribution >= 0.6 is 15.6 Å². The molecule has 0 aliphatic rings. The van der Waals surface area contributed by atoms with Crippen molar-refractivity contribution in [1.82, 2.24) is 0 Å². The van der Waals surface area contributed by atoms with Crippen molar-refractivity contribution >= 4 is 39.5 Å². The molecule has 0 aliphatic heterocycles. The second kappa shape index (κ2) is 83.1. The summed E-state index contributed by atoms with van der Waals surface area (Å²) in [7, 11) is -9.94. The van der Waals surface area contributed by atoms with Crippen molar-refractivity contribution in [2.45, 2.75) is 516 Å². The molecule has 0 rings (SSSR count). The molecule has 3 N–H and O–H groups in total. The number of carbonyl (C=O) groups excluding carboxylic acids is 4. The molecule has 0 heterocycles. The summed E-state index contributed by atoms with van der Waals surface area (Å²) in [6, 6.07) is 0. The van der Waals surface area contributed by atoms with Gasteiger partial charge in [-0.15, -0.1) is 0 Å². The first-order chi connectivity index (χ1) is 53.9. The van der Waals surface area contributed by atoms with Gasteiger partial charge < -0.3 is 33.8 Å². The molecule has 660 valence electrons. The van der Waals surface area contributed by atoms with Gasteiger partial charge in [0.25, 0.3) is 0 Å². The third-order valence-corrected chi connectivity index (χ3v) is 24.3. The minimum absolute atomic E-state index is 0.109. The lowest BCUT2D eigenvalue weighted by Gasteiger charge is -2.21. The van der Waals surface area contributed by atoms with E-state index < -0.39 is 97.5 Å². The Bertz CT molecular complexity index is 2120. The van der Waals surface area contributed by atoms with E-state index in [2.05, 4.69) is 41.5 Å². The van der Waals surface area contributed by atoms with Crippen LogP contribution in [0, 0.1) is 11.8 Å². The Morgan fingerprint density at radius 1 is 0.252 bits per heavy atom. The Morgan fingerprint density at radius 3 is 0.640 bits per heavy atom. The molecule has 19 heteroatoms. The lowest BCUT2D eigenvalue weighted by atomic mass is 9.99. The highest BCUT2D eigenvalue weighted by Crippen LogP contribution is 2.45. The van der Waals surface area contributed by atoms with Gasteiger partial charge >= 0.3 is 39.5 Å². The first-order valence-corrected chi connectivity index (χ1v) is 50.6. The maximum atomic E-state index is 13.2. The highest BCUT2D eigenvalue weighted by molar-refractivity contribution is 7.47. The van der Waals surface area contributed by atoms with Crippen LogP contribution in [-0.4, -0.2) is 96.7 Å². The molecule has 0 aromatic carbocycles. The molecule has 0 aromatic heterocycles. The summed E-state index contributed by atoms with van der Waals surface area (Å²) in [5, 5.41) is 10.7. The first kappa shape index (κ1) is 109. The monoisotopic (exact) mass is 1620 g/mol. The SMILES string of the molecule is CCCCCCCCCCCCCCCCCCCCC(=O)O[C@H](COC(=O)CCCCCCCCCCCCCCC)COP(=O)(O)OC[C@H](O)COP(=O)(O)OC[C@@H](COC(=O)CCCCCCCCCCCCCCCCC(C)CC)OC(=O)CCCCCCCCCCCCCCCCCCCCC(C)CC.